The second kappa shape index (κ2) is 4.59. The third-order valence-electron chi connectivity index (χ3n) is 3.23. The molecule has 0 bridgehead atoms. The highest BCUT2D eigenvalue weighted by Crippen LogP contribution is 2.23. The maximum atomic E-state index is 5.88. The molecule has 3 rings (SSSR count). The molecule has 2 atom stereocenters. The predicted molar refractivity (Wildman–Crippen MR) is 69.6 cm³/mol. The Labute approximate surface area is 106 Å². The summed E-state index contributed by atoms with van der Waals surface area (Å²) in [5.41, 5.74) is 7.58. The van der Waals surface area contributed by atoms with Crippen molar-refractivity contribution in [2.45, 2.75) is 19.1 Å². The predicted octanol–water partition coefficient (Wildman–Crippen LogP) is 1.38. The highest BCUT2D eigenvalue weighted by atomic mass is 16.5. The molecule has 1 aromatic heterocycles. The zero-order valence-electron chi connectivity index (χ0n) is 10.4. The van der Waals surface area contributed by atoms with E-state index in [0.717, 1.165) is 24.2 Å². The molecular weight excluding hydrogens is 230 g/mol. The molecular formula is C13H17N3O2. The minimum atomic E-state index is 0.0113. The summed E-state index contributed by atoms with van der Waals surface area (Å²) < 4.78 is 11.4. The molecule has 0 aliphatic carbocycles. The molecule has 1 aromatic carbocycles. The highest BCUT2D eigenvalue weighted by molar-refractivity contribution is 5.74. The fraction of sp³-hybridized carbons (Fsp3) is 0.462. The number of anilines is 1. The van der Waals surface area contributed by atoms with Gasteiger partial charge in [-0.05, 0) is 19.1 Å². The zero-order valence-corrected chi connectivity index (χ0v) is 10.4. The number of para-hydroxylation sites is 2. The first-order valence-corrected chi connectivity index (χ1v) is 6.22. The minimum absolute atomic E-state index is 0.0113. The van der Waals surface area contributed by atoms with Crippen molar-refractivity contribution in [3.05, 3.63) is 24.3 Å². The number of aromatic nitrogens is 1. The summed E-state index contributed by atoms with van der Waals surface area (Å²) in [4.78, 5) is 6.59. The van der Waals surface area contributed by atoms with E-state index in [0.29, 0.717) is 12.6 Å². The molecule has 1 aliphatic heterocycles. The van der Waals surface area contributed by atoms with Gasteiger partial charge in [0.25, 0.3) is 6.01 Å². The van der Waals surface area contributed by atoms with E-state index in [2.05, 4.69) is 9.88 Å². The molecule has 1 fully saturated rings. The van der Waals surface area contributed by atoms with Gasteiger partial charge in [-0.15, -0.1) is 0 Å². The molecule has 0 spiro atoms. The number of hydrogen-bond acceptors (Lipinski definition) is 5. The average molecular weight is 247 g/mol. The summed E-state index contributed by atoms with van der Waals surface area (Å²) in [6.07, 6.45) is 0.0359. The van der Waals surface area contributed by atoms with Crippen LogP contribution < -0.4 is 10.6 Å². The molecule has 5 heteroatoms. The summed E-state index contributed by atoms with van der Waals surface area (Å²) in [6, 6.07) is 8.45. The first kappa shape index (κ1) is 11.5. The number of fused-ring (bicyclic) bond motifs is 1. The van der Waals surface area contributed by atoms with Crippen LogP contribution in [0.4, 0.5) is 6.01 Å². The summed E-state index contributed by atoms with van der Waals surface area (Å²) in [6.45, 7) is 4.13. The Kier molecular flexibility index (Phi) is 2.93. The Balaban J connectivity index is 1.85. The van der Waals surface area contributed by atoms with E-state index in [4.69, 9.17) is 14.9 Å². The Morgan fingerprint density at radius 1 is 1.44 bits per heavy atom. The molecule has 2 N–H and O–H groups in total. The van der Waals surface area contributed by atoms with Crippen molar-refractivity contribution in [1.82, 2.24) is 4.98 Å². The second-order valence-corrected chi connectivity index (χ2v) is 4.68. The quantitative estimate of drug-likeness (QED) is 0.868. The van der Waals surface area contributed by atoms with E-state index >= 15 is 0 Å². The van der Waals surface area contributed by atoms with Crippen molar-refractivity contribution in [2.24, 2.45) is 5.73 Å². The molecule has 1 saturated heterocycles. The number of nitrogens with two attached hydrogens (primary N) is 1. The number of hydrogen-bond donors (Lipinski definition) is 1. The third kappa shape index (κ3) is 2.07. The summed E-state index contributed by atoms with van der Waals surface area (Å²) >= 11 is 0. The summed E-state index contributed by atoms with van der Waals surface area (Å²) in [5, 5.41) is 0. The molecule has 0 saturated carbocycles. The fourth-order valence-electron chi connectivity index (χ4n) is 2.16. The van der Waals surface area contributed by atoms with Gasteiger partial charge in [-0.25, -0.2) is 0 Å². The molecule has 5 nitrogen and oxygen atoms in total. The van der Waals surface area contributed by atoms with Gasteiger partial charge in [0.1, 0.15) is 5.52 Å². The van der Waals surface area contributed by atoms with Gasteiger partial charge in [-0.2, -0.15) is 4.98 Å². The number of benzene rings is 1. The van der Waals surface area contributed by atoms with E-state index in [1.54, 1.807) is 0 Å². The molecule has 96 valence electrons. The number of rotatable bonds is 2. The lowest BCUT2D eigenvalue weighted by atomic mass is 10.1. The van der Waals surface area contributed by atoms with Crippen LogP contribution in [0.1, 0.15) is 6.92 Å². The number of oxazole rings is 1. The Morgan fingerprint density at radius 2 is 2.28 bits per heavy atom. The van der Waals surface area contributed by atoms with Crippen LogP contribution in [0.25, 0.3) is 11.1 Å². The molecule has 18 heavy (non-hydrogen) atoms. The first-order valence-electron chi connectivity index (χ1n) is 6.22. The smallest absolute Gasteiger partial charge is 0.298 e. The summed E-state index contributed by atoms with van der Waals surface area (Å²) in [7, 11) is 0. The van der Waals surface area contributed by atoms with Gasteiger partial charge >= 0.3 is 0 Å². The summed E-state index contributed by atoms with van der Waals surface area (Å²) in [5.74, 6) is 0. The van der Waals surface area contributed by atoms with Gasteiger partial charge in [0, 0.05) is 12.6 Å². The normalized spacial score (nSPS) is 22.3. The van der Waals surface area contributed by atoms with Crippen molar-refractivity contribution in [2.75, 3.05) is 24.6 Å². The van der Waals surface area contributed by atoms with E-state index in [1.807, 2.05) is 31.2 Å². The van der Waals surface area contributed by atoms with Crippen LogP contribution >= 0.6 is 0 Å². The van der Waals surface area contributed by atoms with Crippen molar-refractivity contribution >= 4 is 17.1 Å². The van der Waals surface area contributed by atoms with E-state index < -0.39 is 0 Å². The van der Waals surface area contributed by atoms with Crippen molar-refractivity contribution in [3.63, 3.8) is 0 Å². The first-order chi connectivity index (χ1) is 8.74. The van der Waals surface area contributed by atoms with Crippen LogP contribution in [0.2, 0.25) is 0 Å². The molecule has 2 heterocycles. The molecule has 0 amide bonds. The van der Waals surface area contributed by atoms with Crippen LogP contribution in [0.15, 0.2) is 28.7 Å². The standard InChI is InChI=1S/C13H17N3O2/c1-9(14)12-8-16(6-7-17-12)13-15-10-4-2-3-5-11(10)18-13/h2-5,9,12H,6-8,14H2,1H3. The number of morpholine rings is 1. The number of ether oxygens (including phenoxy) is 1. The lowest BCUT2D eigenvalue weighted by molar-refractivity contribution is 0.0261. The van der Waals surface area contributed by atoms with Gasteiger partial charge in [0.05, 0.1) is 19.3 Å². The molecule has 1 aliphatic rings. The third-order valence-corrected chi connectivity index (χ3v) is 3.23. The van der Waals surface area contributed by atoms with E-state index in [9.17, 15) is 0 Å². The Morgan fingerprint density at radius 3 is 3.06 bits per heavy atom. The van der Waals surface area contributed by atoms with Gasteiger partial charge in [0.2, 0.25) is 0 Å². The van der Waals surface area contributed by atoms with Crippen LogP contribution in [-0.2, 0) is 4.74 Å². The van der Waals surface area contributed by atoms with Gasteiger partial charge < -0.3 is 19.8 Å². The number of nitrogens with zero attached hydrogens (tertiary/aromatic N) is 2. The van der Waals surface area contributed by atoms with E-state index in [1.165, 1.54) is 0 Å². The minimum Gasteiger partial charge on any atom is -0.423 e. The van der Waals surface area contributed by atoms with E-state index in [-0.39, 0.29) is 12.1 Å². The topological polar surface area (TPSA) is 64.5 Å². The van der Waals surface area contributed by atoms with Gasteiger partial charge in [-0.3, -0.25) is 0 Å². The van der Waals surface area contributed by atoms with Crippen molar-refractivity contribution in [3.8, 4) is 0 Å². The lowest BCUT2D eigenvalue weighted by Crippen LogP contribution is -2.49. The van der Waals surface area contributed by atoms with Gasteiger partial charge in [0.15, 0.2) is 5.58 Å². The maximum absolute atomic E-state index is 5.88. The molecule has 0 radical (unpaired) electrons. The molecule has 2 unspecified atom stereocenters. The van der Waals surface area contributed by atoms with Crippen molar-refractivity contribution < 1.29 is 9.15 Å². The van der Waals surface area contributed by atoms with Crippen LogP contribution in [0.5, 0.6) is 0 Å². The highest BCUT2D eigenvalue weighted by Gasteiger charge is 2.26. The Hall–Kier alpha value is -1.59. The fourth-order valence-corrected chi connectivity index (χ4v) is 2.16. The van der Waals surface area contributed by atoms with Crippen LogP contribution in [0, 0.1) is 0 Å². The Bertz CT molecular complexity index is 505. The molecule has 2 aromatic rings. The maximum Gasteiger partial charge on any atom is 0.298 e. The second-order valence-electron chi connectivity index (χ2n) is 4.68. The average Bonchev–Trinajstić information content (AvgIpc) is 2.82. The van der Waals surface area contributed by atoms with Gasteiger partial charge in [-0.1, -0.05) is 12.1 Å². The van der Waals surface area contributed by atoms with Crippen LogP contribution in [-0.4, -0.2) is 36.8 Å². The van der Waals surface area contributed by atoms with Crippen molar-refractivity contribution in [1.29, 1.82) is 0 Å². The zero-order chi connectivity index (χ0) is 12.5. The monoisotopic (exact) mass is 247 g/mol. The lowest BCUT2D eigenvalue weighted by Gasteiger charge is -2.33. The SMILES string of the molecule is CC(N)C1CN(c2nc3ccccc3o2)CCO1. The largest absolute Gasteiger partial charge is 0.423 e. The van der Waals surface area contributed by atoms with Crippen LogP contribution in [0.3, 0.4) is 0 Å².